The standard InChI is InChI=1S/C21H26N4O6S/c1-21(2)20-23-16(17(26)19(28)24(20)10-11-31-21)18(27)22-13-14-7-3-4-8-15(14)25-9-5-6-12-32(25,29)30/h3-4,7-8,26H,5-6,9-13H2,1-2H3,(H,22,27). The van der Waals surface area contributed by atoms with Gasteiger partial charge in [0.25, 0.3) is 11.5 Å². The SMILES string of the molecule is CC1(C)OCCn2c1nc(C(=O)NCc1ccccc1N1CCCCS1(=O)=O)c(O)c2=O. The van der Waals surface area contributed by atoms with Gasteiger partial charge in [0, 0.05) is 13.1 Å². The Bertz CT molecular complexity index is 1220. The Labute approximate surface area is 185 Å². The lowest BCUT2D eigenvalue weighted by atomic mass is 10.1. The molecule has 0 aliphatic carbocycles. The highest BCUT2D eigenvalue weighted by molar-refractivity contribution is 7.92. The van der Waals surface area contributed by atoms with Crippen LogP contribution in [0.2, 0.25) is 0 Å². The van der Waals surface area contributed by atoms with Crippen molar-refractivity contribution in [2.45, 2.75) is 45.4 Å². The summed E-state index contributed by atoms with van der Waals surface area (Å²) in [7, 11) is -3.42. The molecule has 0 atom stereocenters. The molecule has 0 radical (unpaired) electrons. The zero-order valence-corrected chi connectivity index (χ0v) is 18.8. The largest absolute Gasteiger partial charge is 0.501 e. The fourth-order valence-electron chi connectivity index (χ4n) is 4.05. The summed E-state index contributed by atoms with van der Waals surface area (Å²) < 4.78 is 33.4. The van der Waals surface area contributed by atoms with Crippen LogP contribution in [-0.2, 0) is 33.5 Å². The molecular formula is C21H26N4O6S. The van der Waals surface area contributed by atoms with Gasteiger partial charge in [-0.2, -0.15) is 0 Å². The number of amides is 1. The number of hydrogen-bond acceptors (Lipinski definition) is 7. The van der Waals surface area contributed by atoms with Gasteiger partial charge in [-0.25, -0.2) is 13.4 Å². The summed E-state index contributed by atoms with van der Waals surface area (Å²) in [4.78, 5) is 29.7. The van der Waals surface area contributed by atoms with Crippen molar-refractivity contribution >= 4 is 21.6 Å². The molecule has 2 aliphatic heterocycles. The zero-order valence-electron chi connectivity index (χ0n) is 18.0. The van der Waals surface area contributed by atoms with Crippen molar-refractivity contribution in [3.8, 4) is 5.75 Å². The first-order valence-electron chi connectivity index (χ1n) is 10.5. The molecule has 2 aromatic rings. The molecule has 4 rings (SSSR count). The zero-order chi connectivity index (χ0) is 23.1. The lowest BCUT2D eigenvalue weighted by Gasteiger charge is -2.32. The highest BCUT2D eigenvalue weighted by Crippen LogP contribution is 2.29. The third-order valence-corrected chi connectivity index (χ3v) is 7.58. The number of carbonyl (C=O) groups is 1. The Morgan fingerprint density at radius 1 is 1.25 bits per heavy atom. The van der Waals surface area contributed by atoms with E-state index in [1.165, 1.54) is 8.87 Å². The number of hydrogen-bond donors (Lipinski definition) is 2. The van der Waals surface area contributed by atoms with Gasteiger partial charge in [-0.15, -0.1) is 0 Å². The van der Waals surface area contributed by atoms with Gasteiger partial charge in [-0.1, -0.05) is 18.2 Å². The third-order valence-electron chi connectivity index (χ3n) is 5.73. The maximum Gasteiger partial charge on any atom is 0.296 e. The van der Waals surface area contributed by atoms with Crippen LogP contribution in [0, 0.1) is 0 Å². The van der Waals surface area contributed by atoms with Crippen molar-refractivity contribution in [2.75, 3.05) is 23.2 Å². The number of para-hydroxylation sites is 1. The van der Waals surface area contributed by atoms with Gasteiger partial charge in [0.1, 0.15) is 11.4 Å². The molecule has 1 fully saturated rings. The number of anilines is 1. The minimum absolute atomic E-state index is 0.000454. The summed E-state index contributed by atoms with van der Waals surface area (Å²) in [5, 5.41) is 13.0. The van der Waals surface area contributed by atoms with Gasteiger partial charge in [0.15, 0.2) is 5.69 Å². The van der Waals surface area contributed by atoms with Crippen molar-refractivity contribution in [3.63, 3.8) is 0 Å². The summed E-state index contributed by atoms with van der Waals surface area (Å²) in [5.74, 6) is -1.12. The van der Waals surface area contributed by atoms with Crippen LogP contribution in [0.1, 0.15) is 48.6 Å². The van der Waals surface area contributed by atoms with Crippen LogP contribution in [0.3, 0.4) is 0 Å². The van der Waals surface area contributed by atoms with Crippen LogP contribution < -0.4 is 15.2 Å². The molecule has 0 spiro atoms. The van der Waals surface area contributed by atoms with Gasteiger partial charge in [-0.3, -0.25) is 18.5 Å². The average molecular weight is 463 g/mol. The van der Waals surface area contributed by atoms with E-state index in [-0.39, 0.29) is 30.4 Å². The second-order valence-corrected chi connectivity index (χ2v) is 10.4. The van der Waals surface area contributed by atoms with E-state index in [4.69, 9.17) is 4.74 Å². The van der Waals surface area contributed by atoms with Crippen LogP contribution in [-0.4, -0.2) is 47.9 Å². The van der Waals surface area contributed by atoms with E-state index in [2.05, 4.69) is 10.3 Å². The number of nitrogens with one attached hydrogen (secondary N) is 1. The number of benzene rings is 1. The Hall–Kier alpha value is -2.92. The highest BCUT2D eigenvalue weighted by Gasteiger charge is 2.34. The van der Waals surface area contributed by atoms with Gasteiger partial charge >= 0.3 is 0 Å². The predicted molar refractivity (Wildman–Crippen MR) is 117 cm³/mol. The Kier molecular flexibility index (Phi) is 5.72. The minimum atomic E-state index is -3.42. The highest BCUT2D eigenvalue weighted by atomic mass is 32.2. The molecule has 0 bridgehead atoms. The van der Waals surface area contributed by atoms with Gasteiger partial charge in [0.2, 0.25) is 15.8 Å². The number of ether oxygens (including phenoxy) is 1. The fourth-order valence-corrected chi connectivity index (χ4v) is 5.72. The second kappa shape index (κ2) is 8.21. The summed E-state index contributed by atoms with van der Waals surface area (Å²) >= 11 is 0. The molecule has 1 aromatic carbocycles. The molecule has 0 saturated carbocycles. The summed E-state index contributed by atoms with van der Waals surface area (Å²) in [6.07, 6.45) is 1.38. The number of rotatable bonds is 4. The number of fused-ring (bicyclic) bond motifs is 1. The molecule has 2 N–H and O–H groups in total. The number of sulfonamides is 1. The maximum absolute atomic E-state index is 12.8. The molecule has 32 heavy (non-hydrogen) atoms. The van der Waals surface area contributed by atoms with Crippen molar-refractivity contribution in [1.29, 1.82) is 0 Å². The molecular weight excluding hydrogens is 436 g/mol. The predicted octanol–water partition coefficient (Wildman–Crippen LogP) is 1.07. The molecule has 1 aromatic heterocycles. The maximum atomic E-state index is 12.8. The van der Waals surface area contributed by atoms with E-state index in [1.807, 2.05) is 0 Å². The lowest BCUT2D eigenvalue weighted by molar-refractivity contribution is -0.0566. The van der Waals surface area contributed by atoms with E-state index in [9.17, 15) is 23.1 Å². The van der Waals surface area contributed by atoms with Crippen molar-refractivity contribution in [1.82, 2.24) is 14.9 Å². The normalized spacial score (nSPS) is 19.2. The first-order chi connectivity index (χ1) is 15.1. The van der Waals surface area contributed by atoms with E-state index in [0.717, 1.165) is 6.42 Å². The fraction of sp³-hybridized carbons (Fsp3) is 0.476. The summed E-state index contributed by atoms with van der Waals surface area (Å²) in [6.45, 7) is 4.38. The Morgan fingerprint density at radius 2 is 2.00 bits per heavy atom. The van der Waals surface area contributed by atoms with Crippen molar-refractivity contribution in [2.24, 2.45) is 0 Å². The van der Waals surface area contributed by atoms with E-state index < -0.39 is 32.8 Å². The van der Waals surface area contributed by atoms with Crippen LogP contribution in [0.5, 0.6) is 5.75 Å². The quantitative estimate of drug-likeness (QED) is 0.695. The molecule has 1 amide bonds. The molecule has 172 valence electrons. The summed E-state index contributed by atoms with van der Waals surface area (Å²) in [5.41, 5.74) is -0.872. The molecule has 11 heteroatoms. The van der Waals surface area contributed by atoms with Crippen molar-refractivity contribution in [3.05, 3.63) is 51.7 Å². The van der Waals surface area contributed by atoms with Gasteiger partial charge in [-0.05, 0) is 38.3 Å². The molecule has 10 nitrogen and oxygen atoms in total. The molecule has 0 unspecified atom stereocenters. The number of carbonyl (C=O) groups excluding carboxylic acids is 1. The Morgan fingerprint density at radius 3 is 2.75 bits per heavy atom. The third kappa shape index (κ3) is 3.97. The monoisotopic (exact) mass is 462 g/mol. The molecule has 1 saturated heterocycles. The molecule has 3 heterocycles. The first-order valence-corrected chi connectivity index (χ1v) is 12.1. The van der Waals surface area contributed by atoms with Crippen LogP contribution in [0.15, 0.2) is 29.1 Å². The first kappa shape index (κ1) is 22.3. The second-order valence-electron chi connectivity index (χ2n) is 8.35. The topological polar surface area (TPSA) is 131 Å². The van der Waals surface area contributed by atoms with Gasteiger partial charge in [0.05, 0.1) is 24.6 Å². The number of aromatic nitrogens is 2. The summed E-state index contributed by atoms with van der Waals surface area (Å²) in [6, 6.07) is 6.92. The van der Waals surface area contributed by atoms with E-state index in [0.29, 0.717) is 30.8 Å². The van der Waals surface area contributed by atoms with Crippen LogP contribution in [0.25, 0.3) is 0 Å². The lowest BCUT2D eigenvalue weighted by Crippen LogP contribution is -2.42. The Balaban J connectivity index is 1.61. The van der Waals surface area contributed by atoms with Crippen LogP contribution >= 0.6 is 0 Å². The average Bonchev–Trinajstić information content (AvgIpc) is 2.74. The number of aromatic hydroxyl groups is 1. The van der Waals surface area contributed by atoms with Gasteiger partial charge < -0.3 is 15.2 Å². The van der Waals surface area contributed by atoms with Crippen molar-refractivity contribution < 1.29 is 23.1 Å². The minimum Gasteiger partial charge on any atom is -0.501 e. The smallest absolute Gasteiger partial charge is 0.296 e. The van der Waals surface area contributed by atoms with Crippen LogP contribution in [0.4, 0.5) is 5.69 Å². The van der Waals surface area contributed by atoms with E-state index >= 15 is 0 Å². The molecule has 2 aliphatic rings. The number of nitrogens with zero attached hydrogens (tertiary/aromatic N) is 3. The van der Waals surface area contributed by atoms with E-state index in [1.54, 1.807) is 38.1 Å².